The molecular formula is C19H15N3O2S. The summed E-state index contributed by atoms with van der Waals surface area (Å²) in [4.78, 5) is 21.6. The molecule has 5 nitrogen and oxygen atoms in total. The van der Waals surface area contributed by atoms with Crippen LogP contribution in [-0.2, 0) is 4.74 Å². The van der Waals surface area contributed by atoms with Gasteiger partial charge in [-0.05, 0) is 25.1 Å². The lowest BCUT2D eigenvalue weighted by Gasteiger charge is -2.04. The zero-order valence-corrected chi connectivity index (χ0v) is 14.3. The molecule has 1 aromatic heterocycles. The molecule has 1 aliphatic heterocycles. The molecule has 4 rings (SSSR count). The van der Waals surface area contributed by atoms with Crippen LogP contribution < -0.4 is 5.32 Å². The number of ether oxygens (including phenoxy) is 1. The first-order valence-corrected chi connectivity index (χ1v) is 8.76. The highest BCUT2D eigenvalue weighted by Crippen LogP contribution is 2.35. The first kappa shape index (κ1) is 15.5. The highest BCUT2D eigenvalue weighted by atomic mass is 32.1. The smallest absolute Gasteiger partial charge is 0.342 e. The van der Waals surface area contributed by atoms with E-state index < -0.39 is 0 Å². The number of fused-ring (bicyclic) bond motifs is 2. The first-order chi connectivity index (χ1) is 12.3. The van der Waals surface area contributed by atoms with Crippen molar-refractivity contribution in [1.82, 2.24) is 9.97 Å². The number of para-hydroxylation sites is 1. The Bertz CT molecular complexity index is 995. The van der Waals surface area contributed by atoms with Gasteiger partial charge in [-0.3, -0.25) is 0 Å². The number of hydrogen-bond acceptors (Lipinski definition) is 6. The number of benzene rings is 1. The molecule has 0 bridgehead atoms. The highest BCUT2D eigenvalue weighted by molar-refractivity contribution is 7.22. The maximum atomic E-state index is 12.5. The number of aromatic nitrogens is 2. The second kappa shape index (κ2) is 6.49. The second-order valence-corrected chi connectivity index (χ2v) is 6.41. The summed E-state index contributed by atoms with van der Waals surface area (Å²) in [6, 6.07) is 17.3. The third-order valence-electron chi connectivity index (χ3n) is 3.75. The molecule has 1 aromatic carbocycles. The summed E-state index contributed by atoms with van der Waals surface area (Å²) in [5, 5.41) is 3.89. The van der Waals surface area contributed by atoms with Crippen LogP contribution in [0.15, 0.2) is 54.6 Å². The van der Waals surface area contributed by atoms with Crippen molar-refractivity contribution in [2.75, 3.05) is 11.9 Å². The third-order valence-corrected chi connectivity index (χ3v) is 4.70. The molecule has 2 aromatic rings. The Morgan fingerprint density at radius 3 is 2.72 bits per heavy atom. The van der Waals surface area contributed by atoms with Crippen molar-refractivity contribution >= 4 is 38.5 Å². The highest BCUT2D eigenvalue weighted by Gasteiger charge is 2.24. The lowest BCUT2D eigenvalue weighted by molar-refractivity contribution is 0.0528. The zero-order valence-electron chi connectivity index (χ0n) is 13.5. The molecule has 0 amide bonds. The molecule has 6 heteroatoms. The van der Waals surface area contributed by atoms with Crippen LogP contribution in [0.5, 0.6) is 0 Å². The predicted octanol–water partition coefficient (Wildman–Crippen LogP) is 4.72. The fourth-order valence-corrected chi connectivity index (χ4v) is 3.54. The van der Waals surface area contributed by atoms with Crippen molar-refractivity contribution in [1.29, 1.82) is 0 Å². The van der Waals surface area contributed by atoms with Crippen molar-refractivity contribution in [3.05, 3.63) is 60.2 Å². The molecule has 124 valence electrons. The van der Waals surface area contributed by atoms with Gasteiger partial charge in [-0.25, -0.2) is 14.8 Å². The molecule has 0 radical (unpaired) electrons. The molecule has 0 spiro atoms. The minimum atomic E-state index is -0.389. The molecule has 2 heterocycles. The molecule has 1 N–H and O–H groups in total. The van der Waals surface area contributed by atoms with Gasteiger partial charge in [0.15, 0.2) is 5.13 Å². The van der Waals surface area contributed by atoms with E-state index in [0.29, 0.717) is 23.1 Å². The van der Waals surface area contributed by atoms with E-state index in [1.807, 2.05) is 54.6 Å². The number of anilines is 2. The van der Waals surface area contributed by atoms with E-state index in [4.69, 9.17) is 4.74 Å². The maximum absolute atomic E-state index is 12.5. The fourth-order valence-electron chi connectivity index (χ4n) is 2.68. The summed E-state index contributed by atoms with van der Waals surface area (Å²) >= 11 is 1.52. The Morgan fingerprint density at radius 1 is 1.08 bits per heavy atom. The van der Waals surface area contributed by atoms with Gasteiger partial charge in [0.1, 0.15) is 11.4 Å². The van der Waals surface area contributed by atoms with Gasteiger partial charge in [-0.15, -0.1) is 0 Å². The number of nitrogens with one attached hydrogen (secondary N) is 1. The van der Waals surface area contributed by atoms with Crippen molar-refractivity contribution < 1.29 is 9.53 Å². The Morgan fingerprint density at radius 2 is 1.88 bits per heavy atom. The standard InChI is InChI=1S/C19H15N3O2S/c1-2-24-18(23)16-12-8-4-3-5-9-13(12)20-17(16)22-19-21-14-10-6-7-11-15(14)25-19/h3-11H,2H2,1H3,(H,20,21,22). The molecule has 0 atom stereocenters. The summed E-state index contributed by atoms with van der Waals surface area (Å²) in [5.41, 5.74) is 2.84. The molecular weight excluding hydrogens is 334 g/mol. The number of hydrogen-bond donors (Lipinski definition) is 1. The molecule has 0 saturated carbocycles. The molecule has 0 fully saturated rings. The molecule has 25 heavy (non-hydrogen) atoms. The van der Waals surface area contributed by atoms with Gasteiger partial charge < -0.3 is 10.1 Å². The fraction of sp³-hybridized carbons (Fsp3) is 0.105. The van der Waals surface area contributed by atoms with Crippen LogP contribution in [0.1, 0.15) is 17.3 Å². The second-order valence-electron chi connectivity index (χ2n) is 5.38. The van der Waals surface area contributed by atoms with Crippen molar-refractivity contribution in [2.24, 2.45) is 0 Å². The average molecular weight is 349 g/mol. The monoisotopic (exact) mass is 349 g/mol. The SMILES string of the molecule is CCOC(=O)c1c2cccccc-2nc1Nc1nc2ccccc2s1. The van der Waals surface area contributed by atoms with Crippen molar-refractivity contribution in [2.45, 2.75) is 6.92 Å². The molecule has 1 aliphatic carbocycles. The number of esters is 1. The quantitative estimate of drug-likeness (QED) is 0.540. The molecule has 0 unspecified atom stereocenters. The lowest BCUT2D eigenvalue weighted by Crippen LogP contribution is -2.07. The number of nitrogens with zero attached hydrogens (tertiary/aromatic N) is 2. The first-order valence-electron chi connectivity index (χ1n) is 7.94. The topological polar surface area (TPSA) is 64.1 Å². The third kappa shape index (κ3) is 2.92. The molecule has 0 saturated heterocycles. The average Bonchev–Trinajstić information content (AvgIpc) is 3.08. The van der Waals surface area contributed by atoms with Crippen LogP contribution in [0, 0.1) is 0 Å². The van der Waals surface area contributed by atoms with Gasteiger partial charge in [0, 0.05) is 5.56 Å². The van der Waals surface area contributed by atoms with Gasteiger partial charge >= 0.3 is 5.97 Å². The van der Waals surface area contributed by atoms with Crippen molar-refractivity contribution in [3.63, 3.8) is 0 Å². The van der Waals surface area contributed by atoms with E-state index in [9.17, 15) is 4.79 Å². The number of thiazole rings is 1. The van der Waals surface area contributed by atoms with Crippen LogP contribution in [0.3, 0.4) is 0 Å². The van der Waals surface area contributed by atoms with Crippen LogP contribution in [0.4, 0.5) is 10.9 Å². The van der Waals surface area contributed by atoms with E-state index in [0.717, 1.165) is 21.5 Å². The predicted molar refractivity (Wildman–Crippen MR) is 99.7 cm³/mol. The van der Waals surface area contributed by atoms with E-state index in [2.05, 4.69) is 15.3 Å². The maximum Gasteiger partial charge on any atom is 0.342 e. The minimum absolute atomic E-state index is 0.311. The van der Waals surface area contributed by atoms with Gasteiger partial charge in [-0.1, -0.05) is 47.7 Å². The Hall–Kier alpha value is -2.99. The van der Waals surface area contributed by atoms with E-state index >= 15 is 0 Å². The minimum Gasteiger partial charge on any atom is -0.462 e. The van der Waals surface area contributed by atoms with E-state index in [1.165, 1.54) is 11.3 Å². The van der Waals surface area contributed by atoms with Crippen LogP contribution >= 0.6 is 11.3 Å². The number of rotatable bonds is 4. The van der Waals surface area contributed by atoms with Crippen LogP contribution in [0.25, 0.3) is 21.5 Å². The Labute approximate surface area is 148 Å². The summed E-state index contributed by atoms with van der Waals surface area (Å²) < 4.78 is 6.30. The molecule has 2 aliphatic rings. The van der Waals surface area contributed by atoms with Gasteiger partial charge in [-0.2, -0.15) is 0 Å². The van der Waals surface area contributed by atoms with E-state index in [-0.39, 0.29) is 5.97 Å². The van der Waals surface area contributed by atoms with Crippen LogP contribution in [-0.4, -0.2) is 22.5 Å². The summed E-state index contributed by atoms with van der Waals surface area (Å²) in [5.74, 6) is 0.0820. The Kier molecular flexibility index (Phi) is 4.03. The normalized spacial score (nSPS) is 10.9. The van der Waals surface area contributed by atoms with Gasteiger partial charge in [0.25, 0.3) is 0 Å². The van der Waals surface area contributed by atoms with Crippen molar-refractivity contribution in [3.8, 4) is 11.3 Å². The number of carbonyl (C=O) groups is 1. The number of carbonyl (C=O) groups excluding carboxylic acids is 1. The van der Waals surface area contributed by atoms with Gasteiger partial charge in [0.2, 0.25) is 0 Å². The lowest BCUT2D eigenvalue weighted by atomic mass is 10.1. The zero-order chi connectivity index (χ0) is 17.2. The largest absolute Gasteiger partial charge is 0.462 e. The van der Waals surface area contributed by atoms with Gasteiger partial charge in [0.05, 0.1) is 22.5 Å². The summed E-state index contributed by atoms with van der Waals surface area (Å²) in [6.07, 6.45) is 0. The van der Waals surface area contributed by atoms with E-state index in [1.54, 1.807) is 6.92 Å². The van der Waals surface area contributed by atoms with Crippen LogP contribution in [0.2, 0.25) is 0 Å². The Balaban J connectivity index is 1.81. The summed E-state index contributed by atoms with van der Waals surface area (Å²) in [6.45, 7) is 2.10. The summed E-state index contributed by atoms with van der Waals surface area (Å²) in [7, 11) is 0.